The first-order valence-corrected chi connectivity index (χ1v) is 6.46. The summed E-state index contributed by atoms with van der Waals surface area (Å²) in [5.41, 5.74) is 4.41. The van der Waals surface area contributed by atoms with Crippen molar-refractivity contribution in [2.75, 3.05) is 0 Å². The summed E-state index contributed by atoms with van der Waals surface area (Å²) in [5.74, 6) is 0. The monoisotopic (exact) mass is 265 g/mol. The summed E-state index contributed by atoms with van der Waals surface area (Å²) in [6.45, 7) is 1.56. The number of nitrogens with one attached hydrogen (secondary N) is 2. The van der Waals surface area contributed by atoms with Crippen LogP contribution >= 0.6 is 0 Å². The zero-order valence-corrected chi connectivity index (χ0v) is 11.0. The van der Waals surface area contributed by atoms with Crippen molar-refractivity contribution in [3.05, 3.63) is 66.4 Å². The third kappa shape index (κ3) is 2.89. The van der Waals surface area contributed by atoms with E-state index in [2.05, 4.69) is 25.5 Å². The van der Waals surface area contributed by atoms with E-state index in [0.717, 1.165) is 29.9 Å². The molecule has 0 fully saturated rings. The van der Waals surface area contributed by atoms with Crippen LogP contribution in [0.3, 0.4) is 0 Å². The highest BCUT2D eigenvalue weighted by atomic mass is 15.1. The van der Waals surface area contributed by atoms with E-state index < -0.39 is 0 Å². The molecule has 0 radical (unpaired) electrons. The minimum atomic E-state index is 0.753. The number of pyridine rings is 2. The summed E-state index contributed by atoms with van der Waals surface area (Å²) in [6.07, 6.45) is 9.05. The van der Waals surface area contributed by atoms with Crippen LogP contribution in [0.1, 0.15) is 11.1 Å². The molecule has 2 N–H and O–H groups in total. The lowest BCUT2D eigenvalue weighted by atomic mass is 10.1. The van der Waals surface area contributed by atoms with Gasteiger partial charge in [0.25, 0.3) is 0 Å². The van der Waals surface area contributed by atoms with Crippen LogP contribution < -0.4 is 5.32 Å². The van der Waals surface area contributed by atoms with Crippen LogP contribution in [0.5, 0.6) is 0 Å². The molecule has 0 aliphatic carbocycles. The van der Waals surface area contributed by atoms with Crippen molar-refractivity contribution in [2.24, 2.45) is 0 Å². The number of nitrogens with zero attached hydrogens (tertiary/aromatic N) is 3. The summed E-state index contributed by atoms with van der Waals surface area (Å²) < 4.78 is 0. The van der Waals surface area contributed by atoms with Gasteiger partial charge in [0.2, 0.25) is 0 Å². The van der Waals surface area contributed by atoms with Crippen molar-refractivity contribution in [3.8, 4) is 11.3 Å². The molecule has 0 aliphatic rings. The predicted octanol–water partition coefficient (Wildman–Crippen LogP) is 2.16. The summed E-state index contributed by atoms with van der Waals surface area (Å²) in [7, 11) is 0. The van der Waals surface area contributed by atoms with Gasteiger partial charge in [0.05, 0.1) is 11.9 Å². The maximum atomic E-state index is 4.13. The molecule has 0 atom stereocenters. The predicted molar refractivity (Wildman–Crippen MR) is 76.6 cm³/mol. The second kappa shape index (κ2) is 6.08. The zero-order valence-electron chi connectivity index (χ0n) is 11.0. The fourth-order valence-electron chi connectivity index (χ4n) is 2.05. The van der Waals surface area contributed by atoms with Gasteiger partial charge in [0.15, 0.2) is 0 Å². The number of hydrogen-bond acceptors (Lipinski definition) is 4. The topological polar surface area (TPSA) is 66.5 Å². The Morgan fingerprint density at radius 2 is 1.85 bits per heavy atom. The molecule has 3 aromatic heterocycles. The van der Waals surface area contributed by atoms with Crippen LogP contribution in [0.4, 0.5) is 0 Å². The summed E-state index contributed by atoms with van der Waals surface area (Å²) in [5, 5.41) is 10.6. The fraction of sp³-hybridized carbons (Fsp3) is 0.133. The molecule has 0 aromatic carbocycles. The molecule has 0 spiro atoms. The molecule has 0 aliphatic heterocycles. The van der Waals surface area contributed by atoms with Gasteiger partial charge in [-0.3, -0.25) is 15.1 Å². The Kier molecular flexibility index (Phi) is 3.80. The molecule has 5 heteroatoms. The number of hydrogen-bond donors (Lipinski definition) is 2. The molecule has 3 heterocycles. The third-order valence-corrected chi connectivity index (χ3v) is 3.06. The van der Waals surface area contributed by atoms with Crippen LogP contribution in [0.2, 0.25) is 0 Å². The minimum absolute atomic E-state index is 0.753. The normalized spacial score (nSPS) is 10.6. The Morgan fingerprint density at radius 3 is 2.65 bits per heavy atom. The quantitative estimate of drug-likeness (QED) is 0.742. The Morgan fingerprint density at radius 1 is 0.950 bits per heavy atom. The molecule has 3 aromatic rings. The van der Waals surface area contributed by atoms with Crippen molar-refractivity contribution in [3.63, 3.8) is 0 Å². The SMILES string of the molecule is c1cncc(-c2[nH]ncc2CNCc2ccncc2)c1. The first kappa shape index (κ1) is 12.5. The highest BCUT2D eigenvalue weighted by Gasteiger charge is 2.07. The van der Waals surface area contributed by atoms with Crippen LogP contribution in [-0.4, -0.2) is 20.2 Å². The second-order valence-electron chi connectivity index (χ2n) is 4.47. The highest BCUT2D eigenvalue weighted by molar-refractivity contribution is 5.61. The Labute approximate surface area is 117 Å². The van der Waals surface area contributed by atoms with Gasteiger partial charge in [-0.05, 0) is 29.8 Å². The Bertz CT molecular complexity index is 648. The summed E-state index contributed by atoms with van der Waals surface area (Å²) in [4.78, 5) is 8.14. The number of aromatic nitrogens is 4. The Hall–Kier alpha value is -2.53. The molecule has 0 saturated heterocycles. The summed E-state index contributed by atoms with van der Waals surface area (Å²) >= 11 is 0. The lowest BCUT2D eigenvalue weighted by Gasteiger charge is -2.05. The second-order valence-corrected chi connectivity index (χ2v) is 4.47. The van der Waals surface area contributed by atoms with Gasteiger partial charge in [-0.15, -0.1) is 0 Å². The molecule has 0 unspecified atom stereocenters. The number of H-pyrrole nitrogens is 1. The molecule has 20 heavy (non-hydrogen) atoms. The zero-order chi connectivity index (χ0) is 13.6. The van der Waals surface area contributed by atoms with Gasteiger partial charge in [-0.25, -0.2) is 0 Å². The van der Waals surface area contributed by atoms with E-state index in [0.29, 0.717) is 0 Å². The van der Waals surface area contributed by atoms with Gasteiger partial charge < -0.3 is 5.32 Å². The van der Waals surface area contributed by atoms with E-state index in [-0.39, 0.29) is 0 Å². The molecule has 0 saturated carbocycles. The van der Waals surface area contributed by atoms with Crippen molar-refractivity contribution < 1.29 is 0 Å². The van der Waals surface area contributed by atoms with Crippen LogP contribution in [0.25, 0.3) is 11.3 Å². The van der Waals surface area contributed by atoms with E-state index in [4.69, 9.17) is 0 Å². The third-order valence-electron chi connectivity index (χ3n) is 3.06. The Balaban J connectivity index is 1.66. The maximum Gasteiger partial charge on any atom is 0.0710 e. The molecule has 0 bridgehead atoms. The van der Waals surface area contributed by atoms with E-state index in [1.807, 2.05) is 36.7 Å². The average molecular weight is 265 g/mol. The number of rotatable bonds is 5. The lowest BCUT2D eigenvalue weighted by Crippen LogP contribution is -2.12. The molecule has 100 valence electrons. The van der Waals surface area contributed by atoms with Crippen molar-refractivity contribution in [2.45, 2.75) is 13.1 Å². The minimum Gasteiger partial charge on any atom is -0.308 e. The van der Waals surface area contributed by atoms with Gasteiger partial charge in [-0.1, -0.05) is 0 Å². The van der Waals surface area contributed by atoms with E-state index in [1.165, 1.54) is 5.56 Å². The molecular weight excluding hydrogens is 250 g/mol. The average Bonchev–Trinajstić information content (AvgIpc) is 2.98. The van der Waals surface area contributed by atoms with Crippen LogP contribution in [-0.2, 0) is 13.1 Å². The smallest absolute Gasteiger partial charge is 0.0710 e. The van der Waals surface area contributed by atoms with Gasteiger partial charge in [0, 0.05) is 49.0 Å². The molecule has 3 rings (SSSR count). The largest absolute Gasteiger partial charge is 0.308 e. The van der Waals surface area contributed by atoms with Crippen molar-refractivity contribution in [1.29, 1.82) is 0 Å². The van der Waals surface area contributed by atoms with Gasteiger partial charge in [-0.2, -0.15) is 5.10 Å². The molecule has 5 nitrogen and oxygen atoms in total. The van der Waals surface area contributed by atoms with Crippen LogP contribution in [0, 0.1) is 0 Å². The van der Waals surface area contributed by atoms with E-state index in [9.17, 15) is 0 Å². The standard InChI is InChI=1S/C15H15N5/c1-2-13(9-17-5-1)15-14(11-19-20-15)10-18-8-12-3-6-16-7-4-12/h1-7,9,11,18H,8,10H2,(H,19,20). The van der Waals surface area contributed by atoms with Crippen molar-refractivity contribution >= 4 is 0 Å². The molecular formula is C15H15N5. The lowest BCUT2D eigenvalue weighted by molar-refractivity contribution is 0.694. The number of aromatic amines is 1. The van der Waals surface area contributed by atoms with E-state index in [1.54, 1.807) is 18.6 Å². The summed E-state index contributed by atoms with van der Waals surface area (Å²) in [6, 6.07) is 7.95. The van der Waals surface area contributed by atoms with Crippen molar-refractivity contribution in [1.82, 2.24) is 25.5 Å². The van der Waals surface area contributed by atoms with E-state index >= 15 is 0 Å². The van der Waals surface area contributed by atoms with Crippen LogP contribution in [0.15, 0.2) is 55.2 Å². The first-order valence-electron chi connectivity index (χ1n) is 6.46. The van der Waals surface area contributed by atoms with Gasteiger partial charge in [0.1, 0.15) is 0 Å². The fourth-order valence-corrected chi connectivity index (χ4v) is 2.05. The maximum absolute atomic E-state index is 4.13. The molecule has 0 amide bonds. The van der Waals surface area contributed by atoms with Gasteiger partial charge >= 0.3 is 0 Å². The highest BCUT2D eigenvalue weighted by Crippen LogP contribution is 2.19. The first-order chi connectivity index (χ1) is 9.93.